The van der Waals surface area contributed by atoms with Crippen LogP contribution in [-0.2, 0) is 14.3 Å². The molecule has 28 heavy (non-hydrogen) atoms. The fourth-order valence-electron chi connectivity index (χ4n) is 2.51. The van der Waals surface area contributed by atoms with Gasteiger partial charge in [-0.1, -0.05) is 30.4 Å². The van der Waals surface area contributed by atoms with E-state index in [2.05, 4.69) is 10.1 Å². The minimum atomic E-state index is -4.90. The Morgan fingerprint density at radius 3 is 2.32 bits per heavy atom. The third-order valence-corrected chi connectivity index (χ3v) is 3.86. The maximum absolute atomic E-state index is 13.6. The van der Waals surface area contributed by atoms with Crippen LogP contribution in [0.15, 0.2) is 36.4 Å². The molecule has 1 aromatic rings. The topological polar surface area (TPSA) is 84.9 Å². The van der Waals surface area contributed by atoms with Gasteiger partial charge in [0.25, 0.3) is 0 Å². The van der Waals surface area contributed by atoms with Crippen LogP contribution in [0.2, 0.25) is 0 Å². The van der Waals surface area contributed by atoms with Gasteiger partial charge in [0.2, 0.25) is 5.91 Å². The van der Waals surface area contributed by atoms with E-state index in [1.54, 1.807) is 13.0 Å². The molecule has 2 N–H and O–H groups in total. The summed E-state index contributed by atoms with van der Waals surface area (Å²) in [7, 11) is 2.27. The minimum Gasteiger partial charge on any atom is -0.496 e. The summed E-state index contributed by atoms with van der Waals surface area (Å²) in [5.74, 6) is -4.88. The van der Waals surface area contributed by atoms with Crippen LogP contribution >= 0.6 is 0 Å². The Kier molecular flexibility index (Phi) is 8.98. The second-order valence-corrected chi connectivity index (χ2v) is 6.09. The number of esters is 1. The van der Waals surface area contributed by atoms with E-state index in [1.807, 2.05) is 0 Å². The lowest BCUT2D eigenvalue weighted by molar-refractivity contribution is -0.167. The molecular weight excluding hydrogens is 379 g/mol. The molecule has 0 aromatic heterocycles. The van der Waals surface area contributed by atoms with Crippen molar-refractivity contribution < 1.29 is 37.3 Å². The van der Waals surface area contributed by atoms with Gasteiger partial charge in [-0.15, -0.1) is 0 Å². The molecule has 3 atom stereocenters. The van der Waals surface area contributed by atoms with Crippen molar-refractivity contribution in [2.24, 2.45) is 0 Å². The van der Waals surface area contributed by atoms with E-state index in [0.717, 1.165) is 13.2 Å². The minimum absolute atomic E-state index is 0.0817. The van der Waals surface area contributed by atoms with Gasteiger partial charge in [0.15, 0.2) is 5.92 Å². The van der Waals surface area contributed by atoms with Crippen molar-refractivity contribution in [3.63, 3.8) is 0 Å². The first kappa shape index (κ1) is 23.5. The van der Waals surface area contributed by atoms with Crippen molar-refractivity contribution in [2.75, 3.05) is 14.2 Å². The predicted molar refractivity (Wildman–Crippen MR) is 95.8 cm³/mol. The summed E-state index contributed by atoms with van der Waals surface area (Å²) in [6, 6.07) is 4.00. The maximum Gasteiger partial charge on any atom is 0.404 e. The summed E-state index contributed by atoms with van der Waals surface area (Å²) in [6.07, 6.45) is -2.24. The van der Waals surface area contributed by atoms with Gasteiger partial charge in [-0.25, -0.2) is 4.79 Å². The second-order valence-electron chi connectivity index (χ2n) is 6.09. The molecule has 6 nitrogen and oxygen atoms in total. The number of carbonyl (C=O) groups excluding carboxylic acids is 2. The van der Waals surface area contributed by atoms with Crippen molar-refractivity contribution in [3.8, 4) is 5.75 Å². The first-order valence-electron chi connectivity index (χ1n) is 8.52. The van der Waals surface area contributed by atoms with Crippen LogP contribution in [0, 0.1) is 0 Å². The number of aliphatic hydroxyl groups is 1. The zero-order valence-corrected chi connectivity index (χ0v) is 15.8. The molecule has 0 aliphatic rings. The number of alkyl halides is 3. The number of hydrogen-bond acceptors (Lipinski definition) is 5. The number of methoxy groups -OCH3 is 2. The zero-order valence-electron chi connectivity index (χ0n) is 15.8. The Morgan fingerprint density at radius 2 is 1.79 bits per heavy atom. The summed E-state index contributed by atoms with van der Waals surface area (Å²) in [5.41, 5.74) is -0.358. The average Bonchev–Trinajstić information content (AvgIpc) is 2.62. The predicted octanol–water partition coefficient (Wildman–Crippen LogP) is 2.72. The summed E-state index contributed by atoms with van der Waals surface area (Å²) in [4.78, 5) is 24.4. The summed E-state index contributed by atoms with van der Waals surface area (Å²) in [6.45, 7) is 1.56. The molecule has 0 aliphatic carbocycles. The number of amides is 1. The van der Waals surface area contributed by atoms with Gasteiger partial charge in [-0.3, -0.25) is 4.79 Å². The molecule has 0 spiro atoms. The highest BCUT2D eigenvalue weighted by Gasteiger charge is 2.48. The summed E-state index contributed by atoms with van der Waals surface area (Å²) >= 11 is 0. The third-order valence-electron chi connectivity index (χ3n) is 3.86. The normalized spacial score (nSPS) is 15.0. The number of nitrogens with one attached hydrogen (secondary N) is 1. The number of rotatable bonds is 9. The van der Waals surface area contributed by atoms with E-state index in [0.29, 0.717) is 6.42 Å². The van der Waals surface area contributed by atoms with E-state index in [-0.39, 0.29) is 17.7 Å². The van der Waals surface area contributed by atoms with Crippen LogP contribution in [0.1, 0.15) is 31.2 Å². The first-order valence-corrected chi connectivity index (χ1v) is 8.52. The Balaban J connectivity index is 3.09. The van der Waals surface area contributed by atoms with E-state index in [9.17, 15) is 27.9 Å². The van der Waals surface area contributed by atoms with Crippen LogP contribution in [0.25, 0.3) is 0 Å². The molecule has 156 valence electrons. The molecule has 0 bridgehead atoms. The molecule has 0 heterocycles. The highest BCUT2D eigenvalue weighted by atomic mass is 19.4. The van der Waals surface area contributed by atoms with Gasteiger partial charge < -0.3 is 19.9 Å². The van der Waals surface area contributed by atoms with Gasteiger partial charge in [0.05, 0.1) is 20.3 Å². The van der Waals surface area contributed by atoms with Crippen molar-refractivity contribution >= 4 is 11.9 Å². The smallest absolute Gasteiger partial charge is 0.404 e. The van der Waals surface area contributed by atoms with E-state index < -0.39 is 36.1 Å². The van der Waals surface area contributed by atoms with E-state index in [1.165, 1.54) is 31.4 Å². The Morgan fingerprint density at radius 1 is 1.18 bits per heavy atom. The molecule has 0 unspecified atom stereocenters. The molecule has 0 saturated heterocycles. The molecule has 1 aromatic carbocycles. The fraction of sp³-hybridized carbons (Fsp3) is 0.474. The monoisotopic (exact) mass is 403 g/mol. The zero-order chi connectivity index (χ0) is 21.3. The van der Waals surface area contributed by atoms with Crippen molar-refractivity contribution in [1.82, 2.24) is 5.32 Å². The summed E-state index contributed by atoms with van der Waals surface area (Å²) < 4.78 is 50.4. The Bertz CT molecular complexity index is 688. The molecule has 1 amide bonds. The largest absolute Gasteiger partial charge is 0.496 e. The van der Waals surface area contributed by atoms with Gasteiger partial charge in [-0.05, 0) is 25.8 Å². The van der Waals surface area contributed by atoms with E-state index in [4.69, 9.17) is 4.74 Å². The van der Waals surface area contributed by atoms with Gasteiger partial charge in [-0.2, -0.15) is 13.2 Å². The number of benzene rings is 1. The lowest BCUT2D eigenvalue weighted by Crippen LogP contribution is -2.46. The first-order chi connectivity index (χ1) is 13.1. The van der Waals surface area contributed by atoms with Crippen molar-refractivity contribution in [3.05, 3.63) is 42.0 Å². The Labute approximate surface area is 161 Å². The van der Waals surface area contributed by atoms with Crippen LogP contribution < -0.4 is 10.1 Å². The van der Waals surface area contributed by atoms with Crippen LogP contribution in [-0.4, -0.2) is 49.5 Å². The molecular formula is C19H24F3NO5. The van der Waals surface area contributed by atoms with Crippen molar-refractivity contribution in [1.29, 1.82) is 0 Å². The Hall–Kier alpha value is -2.55. The molecule has 9 heteroatoms. The van der Waals surface area contributed by atoms with Gasteiger partial charge >= 0.3 is 12.1 Å². The molecule has 0 fully saturated rings. The second kappa shape index (κ2) is 10.7. The lowest BCUT2D eigenvalue weighted by atomic mass is 9.96. The molecule has 1 rings (SSSR count). The van der Waals surface area contributed by atoms with Crippen molar-refractivity contribution in [2.45, 2.75) is 44.0 Å². The SMILES string of the molecule is COC(=O)[C@H](C/C=C/C[C@H](C)O)NC(=O)[C@H](c1ccccc1OC)C(F)(F)F. The molecule has 0 saturated carbocycles. The van der Waals surface area contributed by atoms with Gasteiger partial charge in [0.1, 0.15) is 11.8 Å². The highest BCUT2D eigenvalue weighted by Crippen LogP contribution is 2.39. The number of halogens is 3. The number of ether oxygens (including phenoxy) is 2. The van der Waals surface area contributed by atoms with E-state index >= 15 is 0 Å². The fourth-order valence-corrected chi connectivity index (χ4v) is 2.51. The number of para-hydroxylation sites is 1. The van der Waals surface area contributed by atoms with Crippen LogP contribution in [0.3, 0.4) is 0 Å². The third kappa shape index (κ3) is 6.88. The van der Waals surface area contributed by atoms with Gasteiger partial charge in [0, 0.05) is 5.56 Å². The molecule has 0 radical (unpaired) electrons. The number of hydrogen-bond donors (Lipinski definition) is 2. The van der Waals surface area contributed by atoms with Crippen LogP contribution in [0.5, 0.6) is 5.75 Å². The number of aliphatic hydroxyl groups excluding tert-OH is 1. The quantitative estimate of drug-likeness (QED) is 0.489. The number of carbonyl (C=O) groups is 2. The van der Waals surface area contributed by atoms with Crippen LogP contribution in [0.4, 0.5) is 13.2 Å². The highest BCUT2D eigenvalue weighted by molar-refractivity contribution is 5.89. The standard InChI is InChI=1S/C19H24F3NO5/c1-12(24)8-4-6-10-14(18(26)28-3)23-17(25)16(19(20,21)22)13-9-5-7-11-15(13)27-2/h4-7,9,11-12,14,16,24H,8,10H2,1-3H3,(H,23,25)/b6-4+/t12-,14-,16-/m0/s1. The lowest BCUT2D eigenvalue weighted by Gasteiger charge is -2.24. The summed E-state index contributed by atoms with van der Waals surface area (Å²) in [5, 5.41) is 11.3. The average molecular weight is 403 g/mol. The maximum atomic E-state index is 13.6. The molecule has 0 aliphatic heterocycles.